The highest BCUT2D eigenvalue weighted by Crippen LogP contribution is 2.48. The number of aromatic nitrogens is 2. The minimum absolute atomic E-state index is 0.184. The maximum absolute atomic E-state index is 5.68. The van der Waals surface area contributed by atoms with Gasteiger partial charge in [-0.25, -0.2) is 14.7 Å². The number of para-hydroxylation sites is 3. The Labute approximate surface area is 238 Å². The number of hydrogen-bond donors (Lipinski definition) is 1. The number of benzene rings is 4. The number of rotatable bonds is 5. The molecular weight excluding hydrogens is 512 g/mol. The molecule has 5 aromatic rings. The van der Waals surface area contributed by atoms with Gasteiger partial charge in [-0.15, -0.1) is 0 Å². The Morgan fingerprint density at radius 1 is 0.780 bits per heavy atom. The number of fused-ring (bicyclic) bond motifs is 4. The molecule has 41 heavy (non-hydrogen) atoms. The second-order valence-corrected chi connectivity index (χ2v) is 9.83. The van der Waals surface area contributed by atoms with Gasteiger partial charge < -0.3 is 19.7 Å². The average molecular weight is 541 g/mol. The first kappa shape index (κ1) is 24.7. The number of anilines is 2. The number of hydrogen-bond acceptors (Lipinski definition) is 7. The fourth-order valence-corrected chi connectivity index (χ4v) is 5.54. The van der Waals surface area contributed by atoms with Crippen molar-refractivity contribution >= 4 is 34.6 Å². The van der Waals surface area contributed by atoms with E-state index in [2.05, 4.69) is 47.5 Å². The number of ether oxygens (including phenoxy) is 2. The first-order chi connectivity index (χ1) is 20.2. The third-order valence-corrected chi connectivity index (χ3v) is 7.41. The number of aryl methyl sites for hydroxylation is 1. The van der Waals surface area contributed by atoms with Gasteiger partial charge in [-0.2, -0.15) is 5.10 Å². The molecule has 1 atom stereocenters. The van der Waals surface area contributed by atoms with Gasteiger partial charge in [0.15, 0.2) is 17.5 Å². The third-order valence-electron chi connectivity index (χ3n) is 7.41. The Bertz CT molecular complexity index is 1810. The van der Waals surface area contributed by atoms with Gasteiger partial charge in [0, 0.05) is 11.6 Å². The fourth-order valence-electron chi connectivity index (χ4n) is 5.54. The van der Waals surface area contributed by atoms with E-state index in [1.165, 1.54) is 0 Å². The zero-order valence-corrected chi connectivity index (χ0v) is 22.9. The zero-order valence-electron chi connectivity index (χ0n) is 22.9. The van der Waals surface area contributed by atoms with Gasteiger partial charge in [0.25, 0.3) is 0 Å². The van der Waals surface area contributed by atoms with E-state index in [0.717, 1.165) is 45.4 Å². The van der Waals surface area contributed by atoms with E-state index in [-0.39, 0.29) is 6.04 Å². The molecule has 4 aromatic carbocycles. The van der Waals surface area contributed by atoms with Crippen LogP contribution in [-0.2, 0) is 0 Å². The van der Waals surface area contributed by atoms with Crippen LogP contribution in [0.15, 0.2) is 113 Å². The van der Waals surface area contributed by atoms with E-state index in [9.17, 15) is 0 Å². The molecule has 0 amide bonds. The Morgan fingerprint density at radius 2 is 1.51 bits per heavy atom. The molecule has 2 aliphatic rings. The first-order valence-corrected chi connectivity index (χ1v) is 13.4. The Balaban J connectivity index is 1.49. The second-order valence-electron chi connectivity index (χ2n) is 9.83. The first-order valence-electron chi connectivity index (χ1n) is 13.4. The van der Waals surface area contributed by atoms with Crippen molar-refractivity contribution in [3.05, 3.63) is 120 Å². The monoisotopic (exact) mass is 540 g/mol. The summed E-state index contributed by atoms with van der Waals surface area (Å²) in [5.41, 5.74) is 6.59. The SMILES string of the molecule is COc1ccc(OC)c(NC2=Nc3ccccc3N3C2=Nc2c(c(C)nn2-c2ccccc2)C3c2ccccc2)c1. The lowest BCUT2D eigenvalue weighted by atomic mass is 9.93. The zero-order chi connectivity index (χ0) is 27.9. The van der Waals surface area contributed by atoms with Crippen LogP contribution in [0.5, 0.6) is 11.5 Å². The van der Waals surface area contributed by atoms with Crippen molar-refractivity contribution in [1.29, 1.82) is 0 Å². The molecule has 1 aromatic heterocycles. The summed E-state index contributed by atoms with van der Waals surface area (Å²) in [6.45, 7) is 2.05. The summed E-state index contributed by atoms with van der Waals surface area (Å²) in [6, 6.07) is 34.2. The number of methoxy groups -OCH3 is 2. The van der Waals surface area contributed by atoms with E-state index in [4.69, 9.17) is 24.6 Å². The molecule has 7 rings (SSSR count). The second kappa shape index (κ2) is 9.98. The number of nitrogens with one attached hydrogen (secondary N) is 1. The van der Waals surface area contributed by atoms with Crippen LogP contribution in [-0.4, -0.2) is 35.7 Å². The molecule has 1 unspecified atom stereocenters. The summed E-state index contributed by atoms with van der Waals surface area (Å²) in [6.07, 6.45) is 0. The minimum Gasteiger partial charge on any atom is -0.497 e. The summed E-state index contributed by atoms with van der Waals surface area (Å²) < 4.78 is 13.1. The molecule has 8 heteroatoms. The molecule has 0 radical (unpaired) electrons. The average Bonchev–Trinajstić information content (AvgIpc) is 3.36. The van der Waals surface area contributed by atoms with Crippen molar-refractivity contribution < 1.29 is 9.47 Å². The van der Waals surface area contributed by atoms with E-state index >= 15 is 0 Å². The Morgan fingerprint density at radius 3 is 2.27 bits per heavy atom. The van der Waals surface area contributed by atoms with E-state index < -0.39 is 0 Å². The molecule has 0 bridgehead atoms. The van der Waals surface area contributed by atoms with Crippen molar-refractivity contribution in [3.63, 3.8) is 0 Å². The quantitative estimate of drug-likeness (QED) is 0.260. The molecule has 3 heterocycles. The normalized spacial score (nSPS) is 15.2. The lowest BCUT2D eigenvalue weighted by Crippen LogP contribution is -2.46. The molecule has 2 aliphatic heterocycles. The molecule has 0 saturated heterocycles. The van der Waals surface area contributed by atoms with E-state index in [1.807, 2.05) is 77.5 Å². The van der Waals surface area contributed by atoms with Gasteiger partial charge in [-0.05, 0) is 48.9 Å². The number of aliphatic imine (C=N–C) groups is 2. The van der Waals surface area contributed by atoms with Gasteiger partial charge in [-0.3, -0.25) is 0 Å². The highest BCUT2D eigenvalue weighted by atomic mass is 16.5. The van der Waals surface area contributed by atoms with Crippen LogP contribution in [0.2, 0.25) is 0 Å². The Kier molecular flexibility index (Phi) is 6.00. The van der Waals surface area contributed by atoms with E-state index in [0.29, 0.717) is 23.2 Å². The van der Waals surface area contributed by atoms with E-state index in [1.54, 1.807) is 14.2 Å². The fraction of sp³-hybridized carbons (Fsp3) is 0.121. The van der Waals surface area contributed by atoms with Crippen molar-refractivity contribution in [2.45, 2.75) is 13.0 Å². The molecular formula is C33H28N6O2. The maximum atomic E-state index is 5.68. The Hall–Kier alpha value is -5.37. The van der Waals surface area contributed by atoms with Gasteiger partial charge in [0.2, 0.25) is 0 Å². The summed E-state index contributed by atoms with van der Waals surface area (Å²) in [5, 5.41) is 8.52. The lowest BCUT2D eigenvalue weighted by molar-refractivity contribution is 0.405. The molecule has 8 nitrogen and oxygen atoms in total. The lowest BCUT2D eigenvalue weighted by Gasteiger charge is -2.40. The molecule has 1 N–H and O–H groups in total. The summed E-state index contributed by atoms with van der Waals surface area (Å²) in [5.74, 6) is 3.43. The predicted octanol–water partition coefficient (Wildman–Crippen LogP) is 6.99. The van der Waals surface area contributed by atoms with Gasteiger partial charge in [-0.1, -0.05) is 60.7 Å². The van der Waals surface area contributed by atoms with Crippen LogP contribution in [0, 0.1) is 6.92 Å². The molecule has 0 aliphatic carbocycles. The topological polar surface area (TPSA) is 76.3 Å². The summed E-state index contributed by atoms with van der Waals surface area (Å²) in [7, 11) is 3.29. The minimum atomic E-state index is -0.184. The van der Waals surface area contributed by atoms with Crippen LogP contribution in [0.4, 0.5) is 22.9 Å². The molecule has 0 fully saturated rings. The summed E-state index contributed by atoms with van der Waals surface area (Å²) in [4.78, 5) is 12.6. The smallest absolute Gasteiger partial charge is 0.179 e. The van der Waals surface area contributed by atoms with Crippen molar-refractivity contribution in [1.82, 2.24) is 9.78 Å². The molecule has 0 saturated carbocycles. The highest BCUT2D eigenvalue weighted by Gasteiger charge is 2.41. The molecule has 0 spiro atoms. The predicted molar refractivity (Wildman–Crippen MR) is 163 cm³/mol. The maximum Gasteiger partial charge on any atom is 0.179 e. The largest absolute Gasteiger partial charge is 0.497 e. The van der Waals surface area contributed by atoms with Gasteiger partial charge in [0.1, 0.15) is 11.5 Å². The highest BCUT2D eigenvalue weighted by molar-refractivity contribution is 6.51. The van der Waals surface area contributed by atoms with Crippen LogP contribution in [0.1, 0.15) is 22.9 Å². The standard InChI is InChI=1S/C33H28N6O2/c1-21-29-30(22-12-6-4-7-13-22)38-27-17-11-10-16-25(27)34-31(35-26-20-24(40-2)18-19-28(26)41-3)33(38)36-32(29)39(37-21)23-14-8-5-9-15-23/h4-20,30H,1-3H3,(H,34,35). The van der Waals surface area contributed by atoms with Gasteiger partial charge >= 0.3 is 0 Å². The van der Waals surface area contributed by atoms with Crippen LogP contribution in [0.25, 0.3) is 5.69 Å². The van der Waals surface area contributed by atoms with Crippen molar-refractivity contribution in [2.75, 3.05) is 24.4 Å². The summed E-state index contributed by atoms with van der Waals surface area (Å²) >= 11 is 0. The van der Waals surface area contributed by atoms with Crippen LogP contribution < -0.4 is 19.7 Å². The van der Waals surface area contributed by atoms with Crippen LogP contribution >= 0.6 is 0 Å². The number of amidine groups is 2. The molecule has 202 valence electrons. The van der Waals surface area contributed by atoms with Gasteiger partial charge in [0.05, 0.1) is 48.7 Å². The van der Waals surface area contributed by atoms with Crippen molar-refractivity contribution in [2.24, 2.45) is 9.98 Å². The third kappa shape index (κ3) is 4.12. The van der Waals surface area contributed by atoms with Crippen LogP contribution in [0.3, 0.4) is 0 Å². The number of nitrogens with zero attached hydrogens (tertiary/aromatic N) is 5. The van der Waals surface area contributed by atoms with Crippen molar-refractivity contribution in [3.8, 4) is 17.2 Å².